The summed E-state index contributed by atoms with van der Waals surface area (Å²) in [6, 6.07) is 9.55. The largest absolute Gasteiger partial charge is 0.455 e. The molecule has 0 saturated carbocycles. The molecular formula is C19H28NO3+. The lowest BCUT2D eigenvalue weighted by molar-refractivity contribution is -0.928. The van der Waals surface area contributed by atoms with E-state index in [0.29, 0.717) is 12.3 Å². The number of rotatable bonds is 5. The van der Waals surface area contributed by atoms with Crippen molar-refractivity contribution < 1.29 is 19.1 Å². The maximum atomic E-state index is 13.0. The Hall–Kier alpha value is -1.39. The smallest absolute Gasteiger partial charge is 0.319 e. The van der Waals surface area contributed by atoms with Gasteiger partial charge >= 0.3 is 5.97 Å². The number of piperidine rings is 3. The van der Waals surface area contributed by atoms with Gasteiger partial charge in [0.1, 0.15) is 12.0 Å². The van der Waals surface area contributed by atoms with Gasteiger partial charge < -0.3 is 14.3 Å². The Morgan fingerprint density at radius 3 is 2.48 bits per heavy atom. The molecular weight excluding hydrogens is 290 g/mol. The molecule has 2 bridgehead atoms. The van der Waals surface area contributed by atoms with E-state index in [9.17, 15) is 9.90 Å². The Labute approximate surface area is 138 Å². The number of aliphatic hydroxyl groups excluding tert-OH is 1. The Kier molecular flexibility index (Phi) is 4.47. The summed E-state index contributed by atoms with van der Waals surface area (Å²) < 4.78 is 6.99. The molecule has 0 aliphatic carbocycles. The van der Waals surface area contributed by atoms with Crippen LogP contribution in [0.4, 0.5) is 0 Å². The molecule has 4 nitrogen and oxygen atoms in total. The Bertz CT molecular complexity index is 545. The third kappa shape index (κ3) is 2.90. The Balaban J connectivity index is 1.80. The first-order valence-electron chi connectivity index (χ1n) is 8.74. The van der Waals surface area contributed by atoms with E-state index in [1.807, 2.05) is 37.3 Å². The van der Waals surface area contributed by atoms with Crippen LogP contribution in [0, 0.1) is 5.92 Å². The predicted molar refractivity (Wildman–Crippen MR) is 88.9 cm³/mol. The van der Waals surface area contributed by atoms with Crippen LogP contribution in [0.3, 0.4) is 0 Å². The lowest BCUT2D eigenvalue weighted by Gasteiger charge is -2.50. The normalized spacial score (nSPS) is 32.3. The van der Waals surface area contributed by atoms with Crippen molar-refractivity contribution in [3.05, 3.63) is 35.9 Å². The van der Waals surface area contributed by atoms with E-state index in [-0.39, 0.29) is 18.7 Å². The van der Waals surface area contributed by atoms with Crippen molar-refractivity contribution in [3.63, 3.8) is 0 Å². The van der Waals surface area contributed by atoms with E-state index < -0.39 is 5.41 Å². The molecule has 3 aliphatic heterocycles. The molecule has 3 fully saturated rings. The maximum Gasteiger partial charge on any atom is 0.319 e. The molecule has 23 heavy (non-hydrogen) atoms. The number of quaternary nitrogens is 1. The topological polar surface area (TPSA) is 46.5 Å². The van der Waals surface area contributed by atoms with Gasteiger partial charge in [-0.25, -0.2) is 0 Å². The first-order chi connectivity index (χ1) is 11.0. The van der Waals surface area contributed by atoms with Gasteiger partial charge in [-0.2, -0.15) is 0 Å². The third-order valence-corrected chi connectivity index (χ3v) is 6.07. The van der Waals surface area contributed by atoms with E-state index >= 15 is 0 Å². The average molecular weight is 318 g/mol. The average Bonchev–Trinajstić information content (AvgIpc) is 2.57. The minimum atomic E-state index is -0.939. The second kappa shape index (κ2) is 6.25. The standard InChI is InChI=1S/C19H28NO3/c1-3-19(14-21,16-7-5-4-6-8-16)18(22)23-17-13-20(2)11-9-15(17)10-12-20/h4-8,15,17,21H,3,9-14H2,1-2H3/q+1/t15?,17-,19+,20?/m0/s1. The fourth-order valence-electron chi connectivity index (χ4n) is 4.22. The van der Waals surface area contributed by atoms with Crippen molar-refractivity contribution in [2.75, 3.05) is 33.3 Å². The third-order valence-electron chi connectivity index (χ3n) is 6.07. The van der Waals surface area contributed by atoms with Gasteiger partial charge in [0.2, 0.25) is 0 Å². The van der Waals surface area contributed by atoms with E-state index in [2.05, 4.69) is 7.05 Å². The van der Waals surface area contributed by atoms with Gasteiger partial charge in [-0.3, -0.25) is 4.79 Å². The van der Waals surface area contributed by atoms with Crippen LogP contribution in [-0.2, 0) is 14.9 Å². The molecule has 3 saturated heterocycles. The molecule has 4 heteroatoms. The number of esters is 1. The first-order valence-corrected chi connectivity index (χ1v) is 8.74. The van der Waals surface area contributed by atoms with Gasteiger partial charge in [-0.1, -0.05) is 37.3 Å². The number of aliphatic hydroxyl groups is 1. The van der Waals surface area contributed by atoms with Crippen molar-refractivity contribution >= 4 is 5.97 Å². The van der Waals surface area contributed by atoms with Gasteiger partial charge in [0.15, 0.2) is 6.10 Å². The van der Waals surface area contributed by atoms with E-state index in [1.165, 1.54) is 13.1 Å². The molecule has 0 radical (unpaired) electrons. The van der Waals surface area contributed by atoms with Crippen LogP contribution < -0.4 is 0 Å². The summed E-state index contributed by atoms with van der Waals surface area (Å²) in [5, 5.41) is 10.0. The fraction of sp³-hybridized carbons (Fsp3) is 0.632. The molecule has 0 amide bonds. The number of likely N-dealkylation sites (N-methyl/N-ethyl adjacent to an activating group) is 1. The Morgan fingerprint density at radius 2 is 1.96 bits per heavy atom. The highest BCUT2D eigenvalue weighted by molar-refractivity contribution is 5.83. The SMILES string of the molecule is CC[C@](CO)(C(=O)O[C@H]1C[N+]2(C)CCC1CC2)c1ccccc1. The van der Waals surface area contributed by atoms with E-state index in [0.717, 1.165) is 29.4 Å². The zero-order valence-electron chi connectivity index (χ0n) is 14.2. The second-order valence-corrected chi connectivity index (χ2v) is 7.49. The predicted octanol–water partition coefficient (Wildman–Crippen LogP) is 2.11. The quantitative estimate of drug-likeness (QED) is 0.668. The highest BCUT2D eigenvalue weighted by Crippen LogP contribution is 2.36. The second-order valence-electron chi connectivity index (χ2n) is 7.49. The number of carbonyl (C=O) groups excluding carboxylic acids is 1. The highest BCUT2D eigenvalue weighted by Gasteiger charge is 2.48. The molecule has 1 aromatic carbocycles. The maximum absolute atomic E-state index is 13.0. The van der Waals surface area contributed by atoms with Crippen molar-refractivity contribution in [1.29, 1.82) is 0 Å². The minimum Gasteiger partial charge on any atom is -0.455 e. The van der Waals surface area contributed by atoms with E-state index in [4.69, 9.17) is 4.74 Å². The van der Waals surface area contributed by atoms with Gasteiger partial charge in [0.05, 0.1) is 26.7 Å². The molecule has 3 aliphatic rings. The summed E-state index contributed by atoms with van der Waals surface area (Å²) >= 11 is 0. The molecule has 1 N–H and O–H groups in total. The van der Waals surface area contributed by atoms with Crippen molar-refractivity contribution in [3.8, 4) is 0 Å². The molecule has 126 valence electrons. The molecule has 0 unspecified atom stereocenters. The minimum absolute atomic E-state index is 0.00353. The van der Waals surface area contributed by atoms with Gasteiger partial charge in [-0.05, 0) is 12.0 Å². The lowest BCUT2D eigenvalue weighted by Crippen LogP contribution is -2.62. The zero-order chi connectivity index (χ0) is 16.5. The van der Waals surface area contributed by atoms with Gasteiger partial charge in [0.25, 0.3) is 0 Å². The number of hydrogen-bond donors (Lipinski definition) is 1. The summed E-state index contributed by atoms with van der Waals surface area (Å²) in [6.45, 7) is 5.02. The number of hydrogen-bond acceptors (Lipinski definition) is 3. The van der Waals surface area contributed by atoms with Crippen molar-refractivity contribution in [2.24, 2.45) is 5.92 Å². The summed E-state index contributed by atoms with van der Waals surface area (Å²) in [6.07, 6.45) is 2.81. The molecule has 4 rings (SSSR count). The number of fused-ring (bicyclic) bond motifs is 3. The first kappa shape index (κ1) is 16.5. The van der Waals surface area contributed by atoms with Crippen LogP contribution in [0.5, 0.6) is 0 Å². The number of benzene rings is 1. The summed E-state index contributed by atoms with van der Waals surface area (Å²) in [7, 11) is 2.26. The van der Waals surface area contributed by atoms with Crippen LogP contribution in [0.25, 0.3) is 0 Å². The Morgan fingerprint density at radius 1 is 1.30 bits per heavy atom. The molecule has 3 heterocycles. The van der Waals surface area contributed by atoms with Crippen LogP contribution >= 0.6 is 0 Å². The van der Waals surface area contributed by atoms with Crippen molar-refractivity contribution in [1.82, 2.24) is 0 Å². The molecule has 0 aromatic heterocycles. The van der Waals surface area contributed by atoms with Gasteiger partial charge in [0, 0.05) is 18.8 Å². The molecule has 0 spiro atoms. The van der Waals surface area contributed by atoms with Gasteiger partial charge in [-0.15, -0.1) is 0 Å². The number of nitrogens with zero attached hydrogens (tertiary/aromatic N) is 1. The lowest BCUT2D eigenvalue weighted by atomic mass is 9.78. The van der Waals surface area contributed by atoms with Crippen LogP contribution in [0.15, 0.2) is 30.3 Å². The molecule has 2 atom stereocenters. The monoisotopic (exact) mass is 318 g/mol. The zero-order valence-corrected chi connectivity index (χ0v) is 14.2. The molecule has 1 aromatic rings. The van der Waals surface area contributed by atoms with Crippen LogP contribution in [0.1, 0.15) is 31.7 Å². The number of ether oxygens (including phenoxy) is 1. The summed E-state index contributed by atoms with van der Waals surface area (Å²) in [4.78, 5) is 13.0. The van der Waals surface area contributed by atoms with Crippen molar-refractivity contribution in [2.45, 2.75) is 37.7 Å². The number of carbonyl (C=O) groups is 1. The fourth-order valence-corrected chi connectivity index (χ4v) is 4.22. The summed E-state index contributed by atoms with van der Waals surface area (Å²) in [5.41, 5.74) is -0.0945. The van der Waals surface area contributed by atoms with Crippen LogP contribution in [-0.4, -0.2) is 55.0 Å². The summed E-state index contributed by atoms with van der Waals surface area (Å²) in [5.74, 6) is 0.224. The highest BCUT2D eigenvalue weighted by atomic mass is 16.5. The van der Waals surface area contributed by atoms with Crippen LogP contribution in [0.2, 0.25) is 0 Å². The van der Waals surface area contributed by atoms with E-state index in [1.54, 1.807) is 0 Å².